The summed E-state index contributed by atoms with van der Waals surface area (Å²) in [5, 5.41) is 1.38. The highest BCUT2D eigenvalue weighted by atomic mass is 35.5. The molecule has 0 saturated heterocycles. The lowest BCUT2D eigenvalue weighted by Crippen LogP contribution is -1.94. The number of aromatic nitrogens is 1. The summed E-state index contributed by atoms with van der Waals surface area (Å²) >= 11 is 6.25. The summed E-state index contributed by atoms with van der Waals surface area (Å²) in [6.45, 7) is 1.99. The molecule has 24 heavy (non-hydrogen) atoms. The van der Waals surface area contributed by atoms with E-state index in [4.69, 9.17) is 16.3 Å². The number of fused-ring (bicyclic) bond motifs is 1. The second-order valence-electron chi connectivity index (χ2n) is 5.44. The Balaban J connectivity index is 1.89. The molecule has 0 bridgehead atoms. The van der Waals surface area contributed by atoms with Gasteiger partial charge in [0.05, 0.1) is 12.6 Å². The number of benzene rings is 2. The van der Waals surface area contributed by atoms with Crippen molar-refractivity contribution in [2.45, 2.75) is 6.92 Å². The van der Waals surface area contributed by atoms with Gasteiger partial charge in [-0.15, -0.1) is 0 Å². The Labute approximate surface area is 145 Å². The van der Waals surface area contributed by atoms with Crippen molar-refractivity contribution in [2.24, 2.45) is 0 Å². The fraction of sp³-hybridized carbons (Fsp3) is 0.100. The van der Waals surface area contributed by atoms with Gasteiger partial charge in [-0.25, -0.2) is 4.98 Å². The van der Waals surface area contributed by atoms with Crippen molar-refractivity contribution in [2.75, 3.05) is 7.11 Å². The number of rotatable bonds is 4. The average Bonchev–Trinajstić information content (AvgIpc) is 2.60. The molecule has 0 saturated carbocycles. The number of hydrogen-bond acceptors (Lipinski definition) is 3. The molecule has 0 atom stereocenters. The van der Waals surface area contributed by atoms with Gasteiger partial charge >= 0.3 is 0 Å². The van der Waals surface area contributed by atoms with E-state index >= 15 is 0 Å². The predicted molar refractivity (Wildman–Crippen MR) is 97.8 cm³/mol. The summed E-state index contributed by atoms with van der Waals surface area (Å²) in [5.41, 5.74) is 3.25. The van der Waals surface area contributed by atoms with E-state index in [1.54, 1.807) is 37.5 Å². The number of ketones is 1. The van der Waals surface area contributed by atoms with Gasteiger partial charge in [-0.05, 0) is 55.0 Å². The highest BCUT2D eigenvalue weighted by Gasteiger charge is 2.06. The predicted octanol–water partition coefficient (Wildman–Crippen LogP) is 5.10. The Morgan fingerprint density at radius 2 is 1.92 bits per heavy atom. The smallest absolute Gasteiger partial charge is 0.185 e. The van der Waals surface area contributed by atoms with E-state index in [0.717, 1.165) is 22.0 Å². The van der Waals surface area contributed by atoms with E-state index in [1.165, 1.54) is 6.08 Å². The second-order valence-corrected chi connectivity index (χ2v) is 5.80. The van der Waals surface area contributed by atoms with Crippen molar-refractivity contribution in [3.8, 4) is 5.75 Å². The first-order valence-electron chi connectivity index (χ1n) is 7.51. The van der Waals surface area contributed by atoms with Crippen LogP contribution in [0.25, 0.3) is 17.0 Å². The minimum absolute atomic E-state index is 0.0990. The number of methoxy groups -OCH3 is 1. The molecule has 120 valence electrons. The van der Waals surface area contributed by atoms with Gasteiger partial charge in [-0.1, -0.05) is 29.8 Å². The van der Waals surface area contributed by atoms with Crippen molar-refractivity contribution in [3.05, 3.63) is 76.5 Å². The molecule has 0 fully saturated rings. The number of halogens is 1. The van der Waals surface area contributed by atoms with Crippen LogP contribution in [0.5, 0.6) is 5.75 Å². The monoisotopic (exact) mass is 337 g/mol. The fourth-order valence-electron chi connectivity index (χ4n) is 2.47. The third-order valence-corrected chi connectivity index (χ3v) is 4.12. The van der Waals surface area contributed by atoms with Crippen LogP contribution >= 0.6 is 11.6 Å². The third-order valence-electron chi connectivity index (χ3n) is 3.82. The largest absolute Gasteiger partial charge is 0.497 e. The van der Waals surface area contributed by atoms with Crippen LogP contribution in [0.2, 0.25) is 5.15 Å². The van der Waals surface area contributed by atoms with E-state index in [9.17, 15) is 4.79 Å². The van der Waals surface area contributed by atoms with E-state index in [0.29, 0.717) is 16.5 Å². The summed E-state index contributed by atoms with van der Waals surface area (Å²) in [5.74, 6) is 0.616. The Bertz CT molecular complexity index is 930. The number of carbonyl (C=O) groups is 1. The maximum atomic E-state index is 12.3. The van der Waals surface area contributed by atoms with Crippen LogP contribution in [0.3, 0.4) is 0 Å². The first-order valence-corrected chi connectivity index (χ1v) is 7.88. The summed E-state index contributed by atoms with van der Waals surface area (Å²) in [4.78, 5) is 16.7. The summed E-state index contributed by atoms with van der Waals surface area (Å²) in [7, 11) is 1.59. The summed E-state index contributed by atoms with van der Waals surface area (Å²) in [6.07, 6.45) is 3.20. The molecule has 1 aromatic heterocycles. The van der Waals surface area contributed by atoms with Crippen molar-refractivity contribution < 1.29 is 9.53 Å². The summed E-state index contributed by atoms with van der Waals surface area (Å²) < 4.78 is 5.09. The van der Waals surface area contributed by atoms with Crippen LogP contribution in [0.1, 0.15) is 21.5 Å². The first-order chi connectivity index (χ1) is 11.6. The normalized spacial score (nSPS) is 11.1. The number of nitrogens with zero attached hydrogens (tertiary/aromatic N) is 1. The van der Waals surface area contributed by atoms with E-state index < -0.39 is 0 Å². The molecule has 4 heteroatoms. The highest BCUT2D eigenvalue weighted by Crippen LogP contribution is 2.24. The maximum Gasteiger partial charge on any atom is 0.185 e. The van der Waals surface area contributed by atoms with Crippen molar-refractivity contribution in [1.82, 2.24) is 4.98 Å². The van der Waals surface area contributed by atoms with Crippen LogP contribution in [-0.2, 0) is 0 Å². The van der Waals surface area contributed by atoms with E-state index in [1.807, 2.05) is 31.2 Å². The van der Waals surface area contributed by atoms with Gasteiger partial charge in [0.1, 0.15) is 10.9 Å². The Morgan fingerprint density at radius 1 is 1.17 bits per heavy atom. The maximum absolute atomic E-state index is 12.3. The standard InChI is InChI=1S/C20H16ClNO2/c1-13-4-3-5-15-12-16(20(21)22-19(13)15)8-11-18(23)14-6-9-17(24-2)10-7-14/h3-12H,1-2H3. The topological polar surface area (TPSA) is 39.2 Å². The molecule has 0 N–H and O–H groups in total. The second kappa shape index (κ2) is 6.85. The van der Waals surface area contributed by atoms with Gasteiger partial charge in [0.2, 0.25) is 0 Å². The van der Waals surface area contributed by atoms with Gasteiger partial charge in [-0.3, -0.25) is 4.79 Å². The van der Waals surface area contributed by atoms with Gasteiger partial charge in [-0.2, -0.15) is 0 Å². The number of pyridine rings is 1. The van der Waals surface area contributed by atoms with Gasteiger partial charge < -0.3 is 4.74 Å². The molecule has 1 heterocycles. The molecule has 3 aromatic rings. The number of para-hydroxylation sites is 1. The lowest BCUT2D eigenvalue weighted by Gasteiger charge is -2.04. The number of aryl methyl sites for hydroxylation is 1. The lowest BCUT2D eigenvalue weighted by molar-refractivity contribution is 0.104. The molecule has 0 spiro atoms. The third kappa shape index (κ3) is 3.31. The van der Waals surface area contributed by atoms with Gasteiger partial charge in [0, 0.05) is 16.5 Å². The minimum atomic E-state index is -0.0990. The van der Waals surface area contributed by atoms with Crippen molar-refractivity contribution in [1.29, 1.82) is 0 Å². The van der Waals surface area contributed by atoms with Crippen molar-refractivity contribution in [3.63, 3.8) is 0 Å². The Morgan fingerprint density at radius 3 is 2.62 bits per heavy atom. The molecule has 0 amide bonds. The van der Waals surface area contributed by atoms with Crippen LogP contribution < -0.4 is 4.74 Å². The zero-order chi connectivity index (χ0) is 17.1. The van der Waals surface area contributed by atoms with Gasteiger partial charge in [0.15, 0.2) is 5.78 Å². The van der Waals surface area contributed by atoms with Crippen molar-refractivity contribution >= 4 is 34.4 Å². The molecule has 0 radical (unpaired) electrons. The molecule has 2 aromatic carbocycles. The molecule has 3 rings (SSSR count). The molecule has 0 aliphatic heterocycles. The molecule has 0 aliphatic carbocycles. The molecule has 0 aliphatic rings. The number of carbonyl (C=O) groups excluding carboxylic acids is 1. The Kier molecular flexibility index (Phi) is 4.63. The SMILES string of the molecule is COc1ccc(C(=O)C=Cc2cc3cccc(C)c3nc2Cl)cc1. The molecular weight excluding hydrogens is 322 g/mol. The lowest BCUT2D eigenvalue weighted by atomic mass is 10.1. The molecular formula is C20H16ClNO2. The quantitative estimate of drug-likeness (QED) is 0.377. The number of ether oxygens (including phenoxy) is 1. The van der Waals surface area contributed by atoms with Crippen LogP contribution in [0, 0.1) is 6.92 Å². The van der Waals surface area contributed by atoms with E-state index in [-0.39, 0.29) is 5.78 Å². The first kappa shape index (κ1) is 16.2. The molecule has 3 nitrogen and oxygen atoms in total. The zero-order valence-corrected chi connectivity index (χ0v) is 14.2. The molecule has 0 unspecified atom stereocenters. The number of allylic oxidation sites excluding steroid dienone is 1. The van der Waals surface area contributed by atoms with Crippen LogP contribution in [0.4, 0.5) is 0 Å². The Hall–Kier alpha value is -2.65. The summed E-state index contributed by atoms with van der Waals surface area (Å²) in [6, 6.07) is 14.9. The van der Waals surface area contributed by atoms with Crippen LogP contribution in [-0.4, -0.2) is 17.9 Å². The average molecular weight is 338 g/mol. The highest BCUT2D eigenvalue weighted by molar-refractivity contribution is 6.31. The fourth-order valence-corrected chi connectivity index (χ4v) is 2.68. The minimum Gasteiger partial charge on any atom is -0.497 e. The van der Waals surface area contributed by atoms with E-state index in [2.05, 4.69) is 4.98 Å². The van der Waals surface area contributed by atoms with Crippen LogP contribution in [0.15, 0.2) is 54.6 Å². The van der Waals surface area contributed by atoms with Gasteiger partial charge in [0.25, 0.3) is 0 Å². The zero-order valence-electron chi connectivity index (χ0n) is 13.4. The number of hydrogen-bond donors (Lipinski definition) is 0.